The van der Waals surface area contributed by atoms with Gasteiger partial charge < -0.3 is 10.0 Å². The van der Waals surface area contributed by atoms with Crippen molar-refractivity contribution in [2.75, 3.05) is 18.1 Å². The van der Waals surface area contributed by atoms with Gasteiger partial charge in [-0.15, -0.1) is 0 Å². The van der Waals surface area contributed by atoms with E-state index in [1.165, 1.54) is 5.39 Å². The van der Waals surface area contributed by atoms with Gasteiger partial charge in [-0.25, -0.2) is 4.98 Å². The second-order valence-electron chi connectivity index (χ2n) is 4.83. The summed E-state index contributed by atoms with van der Waals surface area (Å²) < 4.78 is 1.08. The Morgan fingerprint density at radius 1 is 1.26 bits per heavy atom. The molecule has 4 heteroatoms. The lowest BCUT2D eigenvalue weighted by Crippen LogP contribution is -2.33. The van der Waals surface area contributed by atoms with Crippen LogP contribution in [0.1, 0.15) is 20.3 Å². The van der Waals surface area contributed by atoms with Gasteiger partial charge in [0.1, 0.15) is 5.82 Å². The molecule has 2 rings (SSSR count). The zero-order valence-corrected chi connectivity index (χ0v) is 12.9. The normalized spacial score (nSPS) is 11.2. The molecular weight excluding hydrogens is 304 g/mol. The van der Waals surface area contributed by atoms with Crippen molar-refractivity contribution >= 4 is 32.5 Å². The summed E-state index contributed by atoms with van der Waals surface area (Å²) in [5.74, 6) is 0.988. The van der Waals surface area contributed by atoms with E-state index in [-0.39, 0.29) is 6.61 Å². The highest BCUT2D eigenvalue weighted by molar-refractivity contribution is 9.10. The first-order valence-electron chi connectivity index (χ1n) is 6.56. The predicted molar refractivity (Wildman–Crippen MR) is 83.6 cm³/mol. The molecule has 2 aromatic rings. The summed E-state index contributed by atoms with van der Waals surface area (Å²) in [7, 11) is 0. The Morgan fingerprint density at radius 2 is 2.05 bits per heavy atom. The average Bonchev–Trinajstić information content (AvgIpc) is 2.40. The van der Waals surface area contributed by atoms with Crippen LogP contribution in [-0.4, -0.2) is 29.3 Å². The first-order chi connectivity index (χ1) is 9.15. The number of hydrogen-bond donors (Lipinski definition) is 1. The SMILES string of the molecule is CC(C)N(CCCO)c1nccc2c(Br)cccc12. The van der Waals surface area contributed by atoms with Crippen LogP contribution in [0.3, 0.4) is 0 Å². The highest BCUT2D eigenvalue weighted by atomic mass is 79.9. The van der Waals surface area contributed by atoms with Crippen LogP contribution < -0.4 is 4.90 Å². The molecule has 1 N–H and O–H groups in total. The third-order valence-electron chi connectivity index (χ3n) is 3.18. The van der Waals surface area contributed by atoms with Crippen LogP contribution in [0.15, 0.2) is 34.9 Å². The maximum atomic E-state index is 9.05. The second kappa shape index (κ2) is 6.35. The van der Waals surface area contributed by atoms with Gasteiger partial charge in [-0.05, 0) is 32.4 Å². The molecule has 0 spiro atoms. The summed E-state index contributed by atoms with van der Waals surface area (Å²) in [5, 5.41) is 11.4. The van der Waals surface area contributed by atoms with Crippen LogP contribution in [-0.2, 0) is 0 Å². The minimum Gasteiger partial charge on any atom is -0.396 e. The molecule has 102 valence electrons. The number of benzene rings is 1. The highest BCUT2D eigenvalue weighted by Crippen LogP contribution is 2.30. The number of anilines is 1. The number of pyridine rings is 1. The molecule has 3 nitrogen and oxygen atoms in total. The molecular formula is C15H19BrN2O. The van der Waals surface area contributed by atoms with Gasteiger partial charge in [0.15, 0.2) is 0 Å². The number of fused-ring (bicyclic) bond motifs is 1. The standard InChI is InChI=1S/C15H19BrN2O/c1-11(2)18(9-4-10-19)15-13-5-3-6-14(16)12(13)7-8-17-15/h3,5-8,11,19H,4,9-10H2,1-2H3. The molecule has 0 unspecified atom stereocenters. The van der Waals surface area contributed by atoms with E-state index in [2.05, 4.69) is 45.7 Å². The van der Waals surface area contributed by atoms with Crippen LogP contribution in [0, 0.1) is 0 Å². The Labute approximate surface area is 122 Å². The maximum Gasteiger partial charge on any atom is 0.136 e. The van der Waals surface area contributed by atoms with Crippen molar-refractivity contribution in [2.45, 2.75) is 26.3 Å². The number of nitrogens with zero attached hydrogens (tertiary/aromatic N) is 2. The van der Waals surface area contributed by atoms with Gasteiger partial charge in [0.2, 0.25) is 0 Å². The van der Waals surface area contributed by atoms with Crippen molar-refractivity contribution in [1.29, 1.82) is 0 Å². The molecule has 0 radical (unpaired) electrons. The van der Waals surface area contributed by atoms with Gasteiger partial charge in [0.05, 0.1) is 0 Å². The van der Waals surface area contributed by atoms with E-state index in [1.54, 1.807) is 0 Å². The lowest BCUT2D eigenvalue weighted by Gasteiger charge is -2.28. The third-order valence-corrected chi connectivity index (χ3v) is 3.88. The van der Waals surface area contributed by atoms with Gasteiger partial charge >= 0.3 is 0 Å². The molecule has 1 aromatic carbocycles. The average molecular weight is 323 g/mol. The van der Waals surface area contributed by atoms with Crippen LogP contribution >= 0.6 is 15.9 Å². The summed E-state index contributed by atoms with van der Waals surface area (Å²) in [6, 6.07) is 8.54. The predicted octanol–water partition coefficient (Wildman–Crippen LogP) is 3.59. The first kappa shape index (κ1) is 14.3. The maximum absolute atomic E-state index is 9.05. The van der Waals surface area contributed by atoms with E-state index in [0.29, 0.717) is 6.04 Å². The largest absolute Gasteiger partial charge is 0.396 e. The zero-order valence-electron chi connectivity index (χ0n) is 11.3. The van der Waals surface area contributed by atoms with Crippen molar-refractivity contribution in [3.05, 3.63) is 34.9 Å². The van der Waals surface area contributed by atoms with E-state index in [9.17, 15) is 0 Å². The molecule has 1 aromatic heterocycles. The lowest BCUT2D eigenvalue weighted by molar-refractivity contribution is 0.288. The van der Waals surface area contributed by atoms with E-state index in [0.717, 1.165) is 28.6 Å². The first-order valence-corrected chi connectivity index (χ1v) is 7.35. The van der Waals surface area contributed by atoms with Gasteiger partial charge in [0.25, 0.3) is 0 Å². The van der Waals surface area contributed by atoms with Crippen molar-refractivity contribution in [2.24, 2.45) is 0 Å². The Balaban J connectivity index is 2.50. The van der Waals surface area contributed by atoms with E-state index in [1.807, 2.05) is 24.4 Å². The Morgan fingerprint density at radius 3 is 2.74 bits per heavy atom. The van der Waals surface area contributed by atoms with Crippen molar-refractivity contribution in [3.8, 4) is 0 Å². The summed E-state index contributed by atoms with van der Waals surface area (Å²) in [6.07, 6.45) is 2.60. The fraction of sp³-hybridized carbons (Fsp3) is 0.400. The van der Waals surface area contributed by atoms with Crippen LogP contribution in [0.2, 0.25) is 0 Å². The molecule has 19 heavy (non-hydrogen) atoms. The molecule has 0 saturated carbocycles. The topological polar surface area (TPSA) is 36.4 Å². The van der Waals surface area contributed by atoms with E-state index >= 15 is 0 Å². The summed E-state index contributed by atoms with van der Waals surface area (Å²) in [4.78, 5) is 6.79. The summed E-state index contributed by atoms with van der Waals surface area (Å²) in [6.45, 7) is 5.32. The molecule has 0 fully saturated rings. The van der Waals surface area contributed by atoms with Gasteiger partial charge in [0, 0.05) is 40.6 Å². The zero-order chi connectivity index (χ0) is 13.8. The number of rotatable bonds is 5. The lowest BCUT2D eigenvalue weighted by atomic mass is 10.1. The molecule has 0 bridgehead atoms. The Hall–Kier alpha value is -1.13. The minimum atomic E-state index is 0.206. The summed E-state index contributed by atoms with van der Waals surface area (Å²) in [5.41, 5.74) is 0. The van der Waals surface area contributed by atoms with Crippen molar-refractivity contribution < 1.29 is 5.11 Å². The molecule has 0 saturated heterocycles. The Bertz CT molecular complexity index is 557. The monoisotopic (exact) mass is 322 g/mol. The third kappa shape index (κ3) is 3.07. The van der Waals surface area contributed by atoms with Crippen LogP contribution in [0.25, 0.3) is 10.8 Å². The minimum absolute atomic E-state index is 0.206. The van der Waals surface area contributed by atoms with Crippen LogP contribution in [0.4, 0.5) is 5.82 Å². The van der Waals surface area contributed by atoms with Crippen LogP contribution in [0.5, 0.6) is 0 Å². The highest BCUT2D eigenvalue weighted by Gasteiger charge is 2.15. The number of hydrogen-bond acceptors (Lipinski definition) is 3. The van der Waals surface area contributed by atoms with Gasteiger partial charge in [-0.2, -0.15) is 0 Å². The quantitative estimate of drug-likeness (QED) is 0.913. The van der Waals surface area contributed by atoms with Crippen molar-refractivity contribution in [1.82, 2.24) is 4.98 Å². The van der Waals surface area contributed by atoms with E-state index in [4.69, 9.17) is 5.11 Å². The number of aromatic nitrogens is 1. The molecule has 0 atom stereocenters. The Kier molecular flexibility index (Phi) is 4.77. The fourth-order valence-electron chi connectivity index (χ4n) is 2.23. The van der Waals surface area contributed by atoms with Gasteiger partial charge in [-0.1, -0.05) is 28.1 Å². The number of aliphatic hydroxyl groups excluding tert-OH is 1. The fourth-order valence-corrected chi connectivity index (χ4v) is 2.73. The number of aliphatic hydroxyl groups is 1. The number of halogens is 1. The second-order valence-corrected chi connectivity index (χ2v) is 5.69. The van der Waals surface area contributed by atoms with E-state index < -0.39 is 0 Å². The molecule has 0 aliphatic rings. The molecule has 0 aliphatic heterocycles. The van der Waals surface area contributed by atoms with Crippen molar-refractivity contribution in [3.63, 3.8) is 0 Å². The smallest absolute Gasteiger partial charge is 0.136 e. The molecule has 0 aliphatic carbocycles. The van der Waals surface area contributed by atoms with Gasteiger partial charge in [-0.3, -0.25) is 0 Å². The molecule has 0 amide bonds. The summed E-state index contributed by atoms with van der Waals surface area (Å²) >= 11 is 3.58. The molecule has 1 heterocycles.